The third-order valence-electron chi connectivity index (χ3n) is 13.0. The SMILES string of the molecule is CCCCCCCC(N)=O.CCCCCCCC(N)=O.CCCCCCCC(N)=O.CCCCCCCC(N)=O.CCCCCCCC(N)=O.CCCCCCCC(N)=O.CCCCCCCC(N)=O.CCCCCCCC(N)=O.[Cl-].[Cl-].[Cl-].[Cl-].[V+4][C]1=CC=CC1. The molecule has 90 heavy (non-hydrogen) atoms. The van der Waals surface area contributed by atoms with Gasteiger partial charge in [-0.15, -0.1) is 0 Å². The first kappa shape index (κ1) is 114. The molecule has 1 rings (SSSR count). The molecule has 0 aromatic carbocycles. The second kappa shape index (κ2) is 108. The molecule has 16 nitrogen and oxygen atoms in total. The zero-order valence-electron chi connectivity index (χ0n) is 58.7. The van der Waals surface area contributed by atoms with Crippen LogP contribution in [0.1, 0.15) is 370 Å². The van der Waals surface area contributed by atoms with Crippen LogP contribution in [-0.2, 0) is 55.8 Å². The molecule has 0 aromatic heterocycles. The van der Waals surface area contributed by atoms with Crippen LogP contribution in [0.4, 0.5) is 0 Å². The molecule has 0 fully saturated rings. The Kier molecular flexibility index (Phi) is 137. The average Bonchev–Trinajstić information content (AvgIpc) is 4.04. The molecule has 0 aromatic rings. The molecule has 0 bridgehead atoms. The van der Waals surface area contributed by atoms with E-state index in [4.69, 9.17) is 45.9 Å². The van der Waals surface area contributed by atoms with Crippen LogP contribution in [0.5, 0.6) is 0 Å². The van der Waals surface area contributed by atoms with E-state index in [1.807, 2.05) is 0 Å². The summed E-state index contributed by atoms with van der Waals surface area (Å²) in [4.78, 5) is 82.0. The number of amides is 8. The van der Waals surface area contributed by atoms with Crippen molar-refractivity contribution >= 4 is 47.3 Å². The Morgan fingerprint density at radius 3 is 0.444 bits per heavy atom. The normalized spacial score (nSPS) is 9.87. The van der Waals surface area contributed by atoms with E-state index >= 15 is 0 Å². The number of carbonyl (C=O) groups is 8. The number of carbonyl (C=O) groups excluding carboxylic acids is 8. The van der Waals surface area contributed by atoms with Crippen LogP contribution in [0.3, 0.4) is 0 Å². The monoisotopic (exact) mass is 1400 g/mol. The number of hydrogen-bond acceptors (Lipinski definition) is 8. The second-order valence-corrected chi connectivity index (χ2v) is 23.2. The molecular formula is C69H141Cl4N8O8V. The van der Waals surface area contributed by atoms with E-state index in [0.29, 0.717) is 51.4 Å². The molecule has 0 saturated heterocycles. The van der Waals surface area contributed by atoms with Gasteiger partial charge in [-0.05, 0) is 51.4 Å². The molecule has 0 aliphatic heterocycles. The summed E-state index contributed by atoms with van der Waals surface area (Å²) < 4.78 is 1.41. The van der Waals surface area contributed by atoms with Gasteiger partial charge < -0.3 is 95.5 Å². The topological polar surface area (TPSA) is 345 Å². The Morgan fingerprint density at radius 1 is 0.256 bits per heavy atom. The summed E-state index contributed by atoms with van der Waals surface area (Å²) in [5.41, 5.74) is 39.7. The van der Waals surface area contributed by atoms with E-state index in [1.54, 1.807) is 0 Å². The van der Waals surface area contributed by atoms with E-state index in [1.165, 1.54) is 158 Å². The van der Waals surface area contributed by atoms with Crippen molar-refractivity contribution in [3.63, 3.8) is 0 Å². The molecule has 16 N–H and O–H groups in total. The predicted octanol–water partition coefficient (Wildman–Crippen LogP) is 4.05. The van der Waals surface area contributed by atoms with Gasteiger partial charge >= 0.3 is 46.4 Å². The minimum atomic E-state index is -0.170. The van der Waals surface area contributed by atoms with Gasteiger partial charge in [0.1, 0.15) is 0 Å². The summed E-state index contributed by atoms with van der Waals surface area (Å²) in [5.74, 6) is -1.36. The van der Waals surface area contributed by atoms with Crippen molar-refractivity contribution in [2.45, 2.75) is 370 Å². The van der Waals surface area contributed by atoms with Gasteiger partial charge in [0.25, 0.3) is 0 Å². The molecular weight excluding hydrogens is 1260 g/mol. The molecule has 0 unspecified atom stereocenters. The van der Waals surface area contributed by atoms with Crippen molar-refractivity contribution in [1.82, 2.24) is 0 Å². The van der Waals surface area contributed by atoms with Gasteiger partial charge in [-0.1, -0.05) is 261 Å². The maximum absolute atomic E-state index is 10.3. The van der Waals surface area contributed by atoms with E-state index in [-0.39, 0.29) is 96.9 Å². The van der Waals surface area contributed by atoms with Crippen LogP contribution in [-0.4, -0.2) is 47.3 Å². The van der Waals surface area contributed by atoms with Gasteiger partial charge in [0, 0.05) is 51.4 Å². The standard InChI is InChI=1S/8C8H17NO.C5H5.4ClH.V/c8*1-2-3-4-5-6-7-8(9)10;1-2-4-5-3-1;;;;;/h8*2-7H2,1H3,(H2,9,10);1-3H,4H2;4*1H;/q;;;;;;;;;;;;;+4/p-4. The van der Waals surface area contributed by atoms with Gasteiger partial charge in [0.05, 0.1) is 0 Å². The van der Waals surface area contributed by atoms with Crippen molar-refractivity contribution in [3.8, 4) is 0 Å². The Labute approximate surface area is 587 Å². The number of hydrogen-bond donors (Lipinski definition) is 8. The van der Waals surface area contributed by atoms with Crippen LogP contribution < -0.4 is 95.5 Å². The third-order valence-corrected chi connectivity index (χ3v) is 13.5. The fourth-order valence-corrected chi connectivity index (χ4v) is 7.96. The van der Waals surface area contributed by atoms with E-state index in [2.05, 4.69) is 91.0 Å². The summed E-state index contributed by atoms with van der Waals surface area (Å²) in [6.45, 7) is 17.4. The zero-order chi connectivity index (χ0) is 67.0. The maximum atomic E-state index is 10.3. The molecule has 8 amide bonds. The summed E-state index contributed by atoms with van der Waals surface area (Å²) in [5, 5.41) is 0. The molecule has 0 radical (unpaired) electrons. The van der Waals surface area contributed by atoms with Crippen molar-refractivity contribution < 1.29 is 105 Å². The minimum absolute atomic E-state index is 0. The zero-order valence-corrected chi connectivity index (χ0v) is 63.1. The molecule has 0 atom stereocenters. The average molecular weight is 1400 g/mol. The third kappa shape index (κ3) is 167. The molecule has 1 aliphatic carbocycles. The summed E-state index contributed by atoms with van der Waals surface area (Å²) in [7, 11) is 0. The van der Waals surface area contributed by atoms with Gasteiger partial charge in [0.2, 0.25) is 47.3 Å². The molecule has 538 valence electrons. The predicted molar refractivity (Wildman–Crippen MR) is 362 cm³/mol. The quantitative estimate of drug-likeness (QED) is 0.0410. The molecule has 0 spiro atoms. The first-order chi connectivity index (χ1) is 41.1. The van der Waals surface area contributed by atoms with E-state index < -0.39 is 0 Å². The van der Waals surface area contributed by atoms with Gasteiger partial charge in [-0.25, -0.2) is 0 Å². The molecule has 21 heteroatoms. The molecule has 1 aliphatic rings. The van der Waals surface area contributed by atoms with Crippen molar-refractivity contribution in [3.05, 3.63) is 22.5 Å². The number of unbranched alkanes of at least 4 members (excludes halogenated alkanes) is 32. The number of rotatable bonds is 48. The van der Waals surface area contributed by atoms with Crippen molar-refractivity contribution in [1.29, 1.82) is 0 Å². The Balaban J connectivity index is -0.0000000758. The van der Waals surface area contributed by atoms with Gasteiger partial charge in [0.15, 0.2) is 0 Å². The van der Waals surface area contributed by atoms with Crippen molar-refractivity contribution in [2.75, 3.05) is 0 Å². The van der Waals surface area contributed by atoms with Crippen LogP contribution in [0.15, 0.2) is 22.5 Å². The fourth-order valence-electron chi connectivity index (χ4n) is 7.66. The first-order valence-electron chi connectivity index (χ1n) is 34.4. The van der Waals surface area contributed by atoms with Crippen LogP contribution in [0.25, 0.3) is 0 Å². The fraction of sp³-hybridized carbons (Fsp3) is 0.826. The first-order valence-corrected chi connectivity index (χ1v) is 35.1. The Bertz CT molecular complexity index is 1270. The molecule has 0 saturated carbocycles. The van der Waals surface area contributed by atoms with Crippen LogP contribution in [0, 0.1) is 0 Å². The molecule has 0 heterocycles. The van der Waals surface area contributed by atoms with Crippen molar-refractivity contribution in [2.24, 2.45) is 45.9 Å². The Hall–Kier alpha value is -3.02. The summed E-state index contributed by atoms with van der Waals surface area (Å²) in [6.07, 6.45) is 59.0. The van der Waals surface area contributed by atoms with Gasteiger partial charge in [-0.3, -0.25) is 38.4 Å². The summed E-state index contributed by atoms with van der Waals surface area (Å²) in [6, 6.07) is 0. The Morgan fingerprint density at radius 2 is 0.378 bits per heavy atom. The van der Waals surface area contributed by atoms with Crippen LogP contribution in [0.2, 0.25) is 0 Å². The second-order valence-electron chi connectivity index (χ2n) is 22.3. The van der Waals surface area contributed by atoms with Gasteiger partial charge in [-0.2, -0.15) is 0 Å². The van der Waals surface area contributed by atoms with E-state index in [9.17, 15) is 38.4 Å². The number of allylic oxidation sites excluding steroid dienone is 4. The van der Waals surface area contributed by atoms with Crippen LogP contribution >= 0.6 is 0 Å². The number of halogens is 4. The van der Waals surface area contributed by atoms with E-state index in [0.717, 1.165) is 109 Å². The number of nitrogens with two attached hydrogens (primary N) is 8. The number of primary amides is 8. The summed E-state index contributed by atoms with van der Waals surface area (Å²) >= 11 is 2.54.